The molecule has 0 spiro atoms. The van der Waals surface area contributed by atoms with E-state index in [9.17, 15) is 0 Å². The number of ether oxygens (including phenoxy) is 1. The van der Waals surface area contributed by atoms with Crippen LogP contribution in [0, 0.1) is 0 Å². The van der Waals surface area contributed by atoms with Crippen molar-refractivity contribution in [1.82, 2.24) is 10.3 Å². The molecular weight excluding hydrogens is 280 g/mol. The predicted octanol–water partition coefficient (Wildman–Crippen LogP) is 3.63. The minimum atomic E-state index is 0.470. The van der Waals surface area contributed by atoms with Crippen LogP contribution in [-0.2, 0) is 13.2 Å². The van der Waals surface area contributed by atoms with E-state index in [2.05, 4.69) is 10.3 Å². The highest BCUT2D eigenvalue weighted by molar-refractivity contribution is 7.11. The molecule has 3 rings (SSSR count). The van der Waals surface area contributed by atoms with E-state index in [1.54, 1.807) is 11.3 Å². The Morgan fingerprint density at radius 3 is 3.00 bits per heavy atom. The zero-order chi connectivity index (χ0) is 13.1. The molecule has 100 valence electrons. The first-order valence-electron chi connectivity index (χ1n) is 6.35. The van der Waals surface area contributed by atoms with Crippen LogP contribution in [0.4, 0.5) is 0 Å². The maximum Gasteiger partial charge on any atom is 0.140 e. The van der Waals surface area contributed by atoms with E-state index in [-0.39, 0.29) is 0 Å². The normalized spacial score (nSPS) is 14.6. The van der Waals surface area contributed by atoms with Gasteiger partial charge in [0, 0.05) is 23.7 Å². The smallest absolute Gasteiger partial charge is 0.140 e. The highest BCUT2D eigenvalue weighted by atomic mass is 35.5. The van der Waals surface area contributed by atoms with Crippen LogP contribution in [0.15, 0.2) is 30.5 Å². The van der Waals surface area contributed by atoms with Gasteiger partial charge < -0.3 is 10.1 Å². The van der Waals surface area contributed by atoms with Gasteiger partial charge in [-0.1, -0.05) is 23.7 Å². The largest absolute Gasteiger partial charge is 0.485 e. The summed E-state index contributed by atoms with van der Waals surface area (Å²) >= 11 is 7.72. The van der Waals surface area contributed by atoms with Gasteiger partial charge in [0.05, 0.1) is 5.02 Å². The lowest BCUT2D eigenvalue weighted by Gasteiger charge is -2.05. The van der Waals surface area contributed by atoms with Gasteiger partial charge in [-0.2, -0.15) is 0 Å². The molecule has 1 N–H and O–H groups in total. The molecule has 0 amide bonds. The van der Waals surface area contributed by atoms with Crippen molar-refractivity contribution in [3.63, 3.8) is 0 Å². The van der Waals surface area contributed by atoms with Crippen LogP contribution >= 0.6 is 22.9 Å². The van der Waals surface area contributed by atoms with E-state index >= 15 is 0 Å². The van der Waals surface area contributed by atoms with E-state index in [1.165, 1.54) is 17.7 Å². The molecule has 0 unspecified atom stereocenters. The van der Waals surface area contributed by atoms with E-state index in [0.717, 1.165) is 17.6 Å². The topological polar surface area (TPSA) is 34.1 Å². The van der Waals surface area contributed by atoms with Crippen molar-refractivity contribution >= 4 is 22.9 Å². The Balaban J connectivity index is 1.53. The van der Waals surface area contributed by atoms with Gasteiger partial charge >= 0.3 is 0 Å². The Morgan fingerprint density at radius 2 is 2.21 bits per heavy atom. The summed E-state index contributed by atoms with van der Waals surface area (Å²) < 4.78 is 5.67. The molecule has 1 fully saturated rings. The van der Waals surface area contributed by atoms with Crippen LogP contribution in [0.2, 0.25) is 5.02 Å². The lowest BCUT2D eigenvalue weighted by molar-refractivity contribution is 0.306. The Morgan fingerprint density at radius 1 is 1.37 bits per heavy atom. The van der Waals surface area contributed by atoms with Gasteiger partial charge in [-0.3, -0.25) is 0 Å². The number of aromatic nitrogens is 1. The second-order valence-electron chi connectivity index (χ2n) is 4.59. The Bertz CT molecular complexity index is 554. The second kappa shape index (κ2) is 5.90. The van der Waals surface area contributed by atoms with Gasteiger partial charge in [0.2, 0.25) is 0 Å². The maximum absolute atomic E-state index is 6.04. The number of nitrogens with one attached hydrogen (secondary N) is 1. The minimum Gasteiger partial charge on any atom is -0.485 e. The van der Waals surface area contributed by atoms with Crippen LogP contribution in [0.1, 0.15) is 22.7 Å². The highest BCUT2D eigenvalue weighted by Crippen LogP contribution is 2.25. The van der Waals surface area contributed by atoms with Crippen molar-refractivity contribution in [3.8, 4) is 5.75 Å². The van der Waals surface area contributed by atoms with Crippen LogP contribution in [0.3, 0.4) is 0 Å². The van der Waals surface area contributed by atoms with E-state index in [1.807, 2.05) is 30.5 Å². The van der Waals surface area contributed by atoms with Crippen LogP contribution in [0.25, 0.3) is 0 Å². The summed E-state index contributed by atoms with van der Waals surface area (Å²) in [4.78, 5) is 5.62. The number of thiazole rings is 1. The van der Waals surface area contributed by atoms with Crippen molar-refractivity contribution in [2.45, 2.75) is 32.0 Å². The van der Waals surface area contributed by atoms with Crippen LogP contribution < -0.4 is 10.1 Å². The molecule has 1 aliphatic carbocycles. The third kappa shape index (κ3) is 3.69. The SMILES string of the molecule is Clc1ccccc1OCc1ncc(CNC2CC2)s1. The van der Waals surface area contributed by atoms with Gasteiger partial charge in [0.15, 0.2) is 0 Å². The van der Waals surface area contributed by atoms with Crippen LogP contribution in [-0.4, -0.2) is 11.0 Å². The number of rotatable bonds is 6. The zero-order valence-electron chi connectivity index (χ0n) is 10.4. The predicted molar refractivity (Wildman–Crippen MR) is 77.8 cm³/mol. The summed E-state index contributed by atoms with van der Waals surface area (Å²) in [7, 11) is 0. The molecule has 0 aliphatic heterocycles. The molecule has 0 bridgehead atoms. The van der Waals surface area contributed by atoms with Crippen molar-refractivity contribution in [2.75, 3.05) is 0 Å². The molecule has 1 saturated carbocycles. The Labute approximate surface area is 121 Å². The van der Waals surface area contributed by atoms with Gasteiger partial charge in [-0.25, -0.2) is 4.98 Å². The molecule has 3 nitrogen and oxygen atoms in total. The molecule has 2 aromatic rings. The summed E-state index contributed by atoms with van der Waals surface area (Å²) in [5, 5.41) is 5.09. The summed E-state index contributed by atoms with van der Waals surface area (Å²) in [6, 6.07) is 8.22. The molecule has 19 heavy (non-hydrogen) atoms. The third-order valence-corrected chi connectivity index (χ3v) is 4.21. The van der Waals surface area contributed by atoms with Crippen molar-refractivity contribution in [2.24, 2.45) is 0 Å². The minimum absolute atomic E-state index is 0.470. The first-order chi connectivity index (χ1) is 9.31. The lowest BCUT2D eigenvalue weighted by Crippen LogP contribution is -2.14. The second-order valence-corrected chi connectivity index (χ2v) is 6.20. The first kappa shape index (κ1) is 12.9. The number of benzene rings is 1. The first-order valence-corrected chi connectivity index (χ1v) is 7.55. The molecule has 0 atom stereocenters. The number of para-hydroxylation sites is 1. The summed E-state index contributed by atoms with van der Waals surface area (Å²) in [6.07, 6.45) is 4.54. The fourth-order valence-electron chi connectivity index (χ4n) is 1.73. The van der Waals surface area contributed by atoms with Gasteiger partial charge in [-0.05, 0) is 25.0 Å². The molecule has 5 heteroatoms. The average Bonchev–Trinajstić information content (AvgIpc) is 3.14. The summed E-state index contributed by atoms with van der Waals surface area (Å²) in [6.45, 7) is 1.38. The maximum atomic E-state index is 6.04. The number of halogens is 1. The quantitative estimate of drug-likeness (QED) is 0.883. The molecule has 1 heterocycles. The van der Waals surface area contributed by atoms with Crippen molar-refractivity contribution in [3.05, 3.63) is 45.4 Å². The summed E-state index contributed by atoms with van der Waals surface area (Å²) in [5.74, 6) is 0.706. The summed E-state index contributed by atoms with van der Waals surface area (Å²) in [5.41, 5.74) is 0. The number of hydrogen-bond donors (Lipinski definition) is 1. The van der Waals surface area contributed by atoms with E-state index in [0.29, 0.717) is 17.4 Å². The van der Waals surface area contributed by atoms with Crippen LogP contribution in [0.5, 0.6) is 5.75 Å². The molecular formula is C14H15ClN2OS. The monoisotopic (exact) mass is 294 g/mol. The van der Waals surface area contributed by atoms with Crippen molar-refractivity contribution in [1.29, 1.82) is 0 Å². The number of hydrogen-bond acceptors (Lipinski definition) is 4. The average molecular weight is 295 g/mol. The van der Waals surface area contributed by atoms with E-state index < -0.39 is 0 Å². The van der Waals surface area contributed by atoms with Crippen molar-refractivity contribution < 1.29 is 4.74 Å². The molecule has 0 saturated heterocycles. The molecule has 1 aliphatic rings. The van der Waals surface area contributed by atoms with Gasteiger partial charge in [-0.15, -0.1) is 11.3 Å². The van der Waals surface area contributed by atoms with Gasteiger partial charge in [0.25, 0.3) is 0 Å². The molecule has 1 aromatic heterocycles. The fraction of sp³-hybridized carbons (Fsp3) is 0.357. The fourth-order valence-corrected chi connectivity index (χ4v) is 2.71. The number of nitrogens with zero attached hydrogens (tertiary/aromatic N) is 1. The zero-order valence-corrected chi connectivity index (χ0v) is 12.0. The Kier molecular flexibility index (Phi) is 4.01. The van der Waals surface area contributed by atoms with Gasteiger partial charge in [0.1, 0.15) is 17.4 Å². The Hall–Kier alpha value is -1.10. The molecule has 0 radical (unpaired) electrons. The standard InChI is InChI=1S/C14H15ClN2OS/c15-12-3-1-2-4-13(12)18-9-14-17-8-11(19-14)7-16-10-5-6-10/h1-4,8,10,16H,5-7,9H2. The lowest BCUT2D eigenvalue weighted by atomic mass is 10.3. The highest BCUT2D eigenvalue weighted by Gasteiger charge is 2.20. The molecule has 1 aromatic carbocycles. The van der Waals surface area contributed by atoms with E-state index in [4.69, 9.17) is 16.3 Å². The third-order valence-electron chi connectivity index (χ3n) is 2.93.